The molecule has 2 saturated heterocycles. The smallest absolute Gasteiger partial charge is 0.231 e. The van der Waals surface area contributed by atoms with Crippen LogP contribution in [-0.4, -0.2) is 86.8 Å². The summed E-state index contributed by atoms with van der Waals surface area (Å²) in [6, 6.07) is 11.6. The van der Waals surface area contributed by atoms with Crippen LogP contribution in [0.3, 0.4) is 0 Å². The van der Waals surface area contributed by atoms with E-state index < -0.39 is 0 Å². The second-order valence-electron chi connectivity index (χ2n) is 7.88. The molecule has 2 fully saturated rings. The van der Waals surface area contributed by atoms with Gasteiger partial charge in [0.2, 0.25) is 5.88 Å². The lowest BCUT2D eigenvalue weighted by Gasteiger charge is -2.29. The Balaban J connectivity index is 1.55. The van der Waals surface area contributed by atoms with Crippen LogP contribution >= 0.6 is 0 Å². The molecule has 0 aliphatic carbocycles. The molecule has 32 heavy (non-hydrogen) atoms. The monoisotopic (exact) mass is 441 g/mol. The molecule has 1 N–H and O–H groups in total. The highest BCUT2D eigenvalue weighted by molar-refractivity contribution is 5.79. The molecule has 4 rings (SSSR count). The molecule has 0 radical (unpaired) electrons. The lowest BCUT2D eigenvalue weighted by atomic mass is 10.2. The maximum Gasteiger partial charge on any atom is 0.231 e. The van der Waals surface area contributed by atoms with Gasteiger partial charge in [0.25, 0.3) is 0 Å². The van der Waals surface area contributed by atoms with Crippen molar-refractivity contribution in [2.45, 2.75) is 6.92 Å². The number of anilines is 1. The van der Waals surface area contributed by atoms with Gasteiger partial charge in [-0.05, 0) is 12.5 Å². The Hall–Kier alpha value is -2.88. The van der Waals surface area contributed by atoms with E-state index >= 15 is 0 Å². The number of pyridine rings is 1. The average Bonchev–Trinajstić information content (AvgIpc) is 2.82. The summed E-state index contributed by atoms with van der Waals surface area (Å²) in [5.41, 5.74) is 3.32. The zero-order chi connectivity index (χ0) is 22.2. The molecule has 1 aromatic heterocycles. The van der Waals surface area contributed by atoms with Gasteiger partial charge in [-0.3, -0.25) is 4.90 Å². The van der Waals surface area contributed by atoms with Gasteiger partial charge in [0.15, 0.2) is 5.49 Å². The molecule has 9 heteroatoms. The lowest BCUT2D eigenvalue weighted by Crippen LogP contribution is -2.39. The third-order valence-corrected chi connectivity index (χ3v) is 5.52. The standard InChI is InChI=1S/C23H31N5O4/c1-19-3-2-4-20(15-19)18-24-25-22-16-21(27-8-12-31-13-9-27)17-23(28(22)29)32-14-7-26-5-10-30-11-6-26/h2-4,15-18,29H,5-14H2,1H3. The first-order chi connectivity index (χ1) is 15.7. The Labute approximate surface area is 188 Å². The Morgan fingerprint density at radius 2 is 1.78 bits per heavy atom. The second-order valence-corrected chi connectivity index (χ2v) is 7.88. The Morgan fingerprint density at radius 1 is 1.03 bits per heavy atom. The predicted molar refractivity (Wildman–Crippen MR) is 122 cm³/mol. The summed E-state index contributed by atoms with van der Waals surface area (Å²) >= 11 is 0. The highest BCUT2D eigenvalue weighted by Gasteiger charge is 2.16. The van der Waals surface area contributed by atoms with Gasteiger partial charge in [0.1, 0.15) is 6.61 Å². The molecule has 0 saturated carbocycles. The largest absolute Gasteiger partial charge is 0.475 e. The maximum atomic E-state index is 10.7. The Bertz CT molecular complexity index is 979. The number of aromatic nitrogens is 1. The summed E-state index contributed by atoms with van der Waals surface area (Å²) in [6.45, 7) is 9.41. The summed E-state index contributed by atoms with van der Waals surface area (Å²) in [4.78, 5) is 4.48. The van der Waals surface area contributed by atoms with Gasteiger partial charge < -0.3 is 24.3 Å². The van der Waals surface area contributed by atoms with Crippen LogP contribution in [0.4, 0.5) is 5.69 Å². The molecular formula is C23H31N5O4. The van der Waals surface area contributed by atoms with Crippen LogP contribution in [-0.2, 0) is 9.47 Å². The minimum Gasteiger partial charge on any atom is -0.475 e. The molecule has 2 aliphatic rings. The van der Waals surface area contributed by atoms with E-state index in [1.807, 2.05) is 43.3 Å². The highest BCUT2D eigenvalue weighted by atomic mass is 16.6. The van der Waals surface area contributed by atoms with Gasteiger partial charge in [-0.2, -0.15) is 5.10 Å². The molecule has 0 bridgehead atoms. The minimum absolute atomic E-state index is 0.305. The first kappa shape index (κ1) is 22.3. The van der Waals surface area contributed by atoms with Crippen molar-refractivity contribution < 1.29 is 19.4 Å². The molecule has 3 heterocycles. The zero-order valence-corrected chi connectivity index (χ0v) is 18.5. The lowest BCUT2D eigenvalue weighted by molar-refractivity contribution is 0.0297. The van der Waals surface area contributed by atoms with Gasteiger partial charge in [0, 0.05) is 50.5 Å². The number of hydrogen-bond acceptors (Lipinski definition) is 8. The van der Waals surface area contributed by atoms with E-state index in [-0.39, 0.29) is 0 Å². The second kappa shape index (κ2) is 11.1. The van der Waals surface area contributed by atoms with Crippen molar-refractivity contribution in [3.05, 3.63) is 53.0 Å². The van der Waals surface area contributed by atoms with E-state index in [9.17, 15) is 5.21 Å². The molecule has 2 aliphatic heterocycles. The number of morpholine rings is 2. The highest BCUT2D eigenvalue weighted by Crippen LogP contribution is 2.19. The van der Waals surface area contributed by atoms with Crippen LogP contribution in [0.15, 0.2) is 46.6 Å². The fourth-order valence-corrected chi connectivity index (χ4v) is 3.72. The van der Waals surface area contributed by atoms with Crippen LogP contribution < -0.4 is 15.1 Å². The molecule has 9 nitrogen and oxygen atoms in total. The van der Waals surface area contributed by atoms with Gasteiger partial charge in [0.05, 0.1) is 32.6 Å². The van der Waals surface area contributed by atoms with Crippen LogP contribution in [0.25, 0.3) is 0 Å². The average molecular weight is 442 g/mol. The number of hydrogen-bond donors (Lipinski definition) is 1. The maximum absolute atomic E-state index is 10.7. The third kappa shape index (κ3) is 6.09. The third-order valence-electron chi connectivity index (χ3n) is 5.52. The number of nitrogens with zero attached hydrogens (tertiary/aromatic N) is 5. The topological polar surface area (TPSA) is 84.0 Å². The minimum atomic E-state index is 0.305. The van der Waals surface area contributed by atoms with E-state index in [1.54, 1.807) is 6.21 Å². The van der Waals surface area contributed by atoms with E-state index in [0.717, 1.165) is 67.5 Å². The fourth-order valence-electron chi connectivity index (χ4n) is 3.72. The molecule has 0 amide bonds. The Kier molecular flexibility index (Phi) is 7.76. The van der Waals surface area contributed by atoms with Crippen molar-refractivity contribution in [2.24, 2.45) is 10.2 Å². The number of aryl methyl sites for hydroxylation is 1. The summed E-state index contributed by atoms with van der Waals surface area (Å²) < 4.78 is 17.8. The van der Waals surface area contributed by atoms with E-state index in [0.29, 0.717) is 31.2 Å². The van der Waals surface area contributed by atoms with Gasteiger partial charge >= 0.3 is 0 Å². The molecule has 2 aromatic rings. The van der Waals surface area contributed by atoms with Crippen molar-refractivity contribution >= 4 is 11.9 Å². The molecule has 1 aromatic carbocycles. The van der Waals surface area contributed by atoms with Gasteiger partial charge in [-0.15, -0.1) is 9.83 Å². The molecule has 0 unspecified atom stereocenters. The predicted octanol–water partition coefficient (Wildman–Crippen LogP) is 1.52. The summed E-state index contributed by atoms with van der Waals surface area (Å²) in [7, 11) is 0. The first-order valence-corrected chi connectivity index (χ1v) is 11.0. The molecule has 172 valence electrons. The van der Waals surface area contributed by atoms with Crippen LogP contribution in [0.2, 0.25) is 0 Å². The SMILES string of the molecule is Cc1cccc(C=NN=c2cc(N3CCOCC3)cc(OCCN3CCOCC3)n2O)c1. The number of benzene rings is 1. The van der Waals surface area contributed by atoms with E-state index in [4.69, 9.17) is 14.2 Å². The van der Waals surface area contributed by atoms with Crippen molar-refractivity contribution in [2.75, 3.05) is 70.7 Å². The van der Waals surface area contributed by atoms with E-state index in [2.05, 4.69) is 20.0 Å². The van der Waals surface area contributed by atoms with Crippen molar-refractivity contribution in [3.63, 3.8) is 0 Å². The van der Waals surface area contributed by atoms with E-state index in [1.165, 1.54) is 0 Å². The normalized spacial score (nSPS) is 18.4. The van der Waals surface area contributed by atoms with Crippen LogP contribution in [0.1, 0.15) is 11.1 Å². The zero-order valence-electron chi connectivity index (χ0n) is 18.5. The summed E-state index contributed by atoms with van der Waals surface area (Å²) in [6.07, 6.45) is 1.67. The number of ether oxygens (including phenoxy) is 3. The number of rotatable bonds is 7. The van der Waals surface area contributed by atoms with Crippen LogP contribution in [0, 0.1) is 6.92 Å². The van der Waals surface area contributed by atoms with Crippen molar-refractivity contribution in [1.29, 1.82) is 0 Å². The van der Waals surface area contributed by atoms with Crippen molar-refractivity contribution in [3.8, 4) is 5.88 Å². The Morgan fingerprint density at radius 3 is 2.53 bits per heavy atom. The molecule has 0 spiro atoms. The first-order valence-electron chi connectivity index (χ1n) is 11.0. The molecular weight excluding hydrogens is 410 g/mol. The van der Waals surface area contributed by atoms with Crippen LogP contribution in [0.5, 0.6) is 5.88 Å². The van der Waals surface area contributed by atoms with Crippen molar-refractivity contribution in [1.82, 2.24) is 9.63 Å². The quantitative estimate of drug-likeness (QED) is 0.399. The summed E-state index contributed by atoms with van der Waals surface area (Å²) in [5, 5.41) is 19.2. The fraction of sp³-hybridized carbons (Fsp3) is 0.478. The summed E-state index contributed by atoms with van der Waals surface area (Å²) in [5.74, 6) is 0.340. The molecule has 0 atom stereocenters. The van der Waals surface area contributed by atoms with Gasteiger partial charge in [-0.1, -0.05) is 29.8 Å². The van der Waals surface area contributed by atoms with Gasteiger partial charge in [-0.25, -0.2) is 0 Å².